The van der Waals surface area contributed by atoms with Crippen LogP contribution in [0.15, 0.2) is 24.3 Å². The van der Waals surface area contributed by atoms with Crippen molar-refractivity contribution in [2.75, 3.05) is 39.5 Å². The molecule has 1 aromatic carbocycles. The third-order valence-electron chi connectivity index (χ3n) is 5.78. The molecule has 3 N–H and O–H groups in total. The molecular weight excluding hydrogens is 479 g/mol. The monoisotopic (exact) mass is 504 g/mol. The Morgan fingerprint density at radius 3 is 2.31 bits per heavy atom. The Labute approximate surface area is 206 Å². The minimum absolute atomic E-state index is 0.0243. The summed E-state index contributed by atoms with van der Waals surface area (Å²) in [5, 5.41) is 21.6. The minimum Gasteiger partial charge on any atom is -0.389 e. The van der Waals surface area contributed by atoms with Crippen LogP contribution >= 0.6 is 11.6 Å². The first-order valence-corrected chi connectivity index (χ1v) is 11.2. The molecule has 2 heterocycles. The third-order valence-corrected chi connectivity index (χ3v) is 6.05. The van der Waals surface area contributed by atoms with Crippen molar-refractivity contribution < 1.29 is 23.9 Å². The van der Waals surface area contributed by atoms with E-state index in [-0.39, 0.29) is 54.1 Å². The average molecular weight is 505 g/mol. The molecule has 0 atom stereocenters. The summed E-state index contributed by atoms with van der Waals surface area (Å²) in [6.45, 7) is 0.403. The number of hydrogen-bond donors (Lipinski definition) is 3. The van der Waals surface area contributed by atoms with Gasteiger partial charge >= 0.3 is 0 Å². The maximum absolute atomic E-state index is 13.2. The average Bonchev–Trinajstić information content (AvgIpc) is 2.83. The zero-order chi connectivity index (χ0) is 25.9. The summed E-state index contributed by atoms with van der Waals surface area (Å²) >= 11 is 6.20. The first-order valence-electron chi connectivity index (χ1n) is 10.8. The Morgan fingerprint density at radius 1 is 1.17 bits per heavy atom. The number of Topliss-reactive ketones (excluding diaryl/α,β-unsaturated/α-hetero) is 1. The van der Waals surface area contributed by atoms with Gasteiger partial charge in [-0.2, -0.15) is 0 Å². The molecular formula is C23H26ClFN6O4. The number of carbonyl (C=O) groups excluding carboxylic acids is 3. The smallest absolute Gasteiger partial charge is 0.296 e. The van der Waals surface area contributed by atoms with E-state index in [1.807, 2.05) is 0 Å². The molecule has 0 spiro atoms. The maximum Gasteiger partial charge on any atom is 0.296 e. The topological polar surface area (TPSA) is 140 Å². The van der Waals surface area contributed by atoms with E-state index in [2.05, 4.69) is 15.3 Å². The number of rotatable bonds is 7. The number of likely N-dealkylation sites (N-methyl/N-ethyl adjacent to an activating group) is 1. The van der Waals surface area contributed by atoms with Gasteiger partial charge in [-0.15, -0.1) is 0 Å². The van der Waals surface area contributed by atoms with Crippen LogP contribution in [0.3, 0.4) is 0 Å². The molecule has 3 rings (SSSR count). The van der Waals surface area contributed by atoms with E-state index in [0.29, 0.717) is 6.42 Å². The number of anilines is 1. The summed E-state index contributed by atoms with van der Waals surface area (Å²) in [4.78, 5) is 48.2. The molecule has 0 radical (unpaired) electrons. The summed E-state index contributed by atoms with van der Waals surface area (Å²) in [5.41, 5.74) is -1.54. The van der Waals surface area contributed by atoms with Crippen molar-refractivity contribution in [3.05, 3.63) is 52.2 Å². The summed E-state index contributed by atoms with van der Waals surface area (Å²) in [6, 6.07) is 5.89. The van der Waals surface area contributed by atoms with Gasteiger partial charge in [-0.05, 0) is 30.5 Å². The van der Waals surface area contributed by atoms with Crippen molar-refractivity contribution in [1.29, 1.82) is 5.41 Å². The fourth-order valence-electron chi connectivity index (χ4n) is 3.75. The fraction of sp³-hybridized carbons (Fsp3) is 0.391. The van der Waals surface area contributed by atoms with Crippen LogP contribution in [0, 0.1) is 11.2 Å². The van der Waals surface area contributed by atoms with E-state index >= 15 is 0 Å². The highest BCUT2D eigenvalue weighted by Crippen LogP contribution is 2.28. The molecule has 186 valence electrons. The number of amides is 2. The Bertz CT molecular complexity index is 1160. The van der Waals surface area contributed by atoms with E-state index in [4.69, 9.17) is 17.0 Å². The lowest BCUT2D eigenvalue weighted by Crippen LogP contribution is -2.48. The van der Waals surface area contributed by atoms with Gasteiger partial charge in [0.05, 0.1) is 5.60 Å². The van der Waals surface area contributed by atoms with E-state index in [0.717, 1.165) is 10.5 Å². The highest BCUT2D eigenvalue weighted by molar-refractivity contribution is 6.67. The van der Waals surface area contributed by atoms with Crippen LogP contribution in [0.4, 0.5) is 10.2 Å². The molecule has 0 bridgehead atoms. The van der Waals surface area contributed by atoms with Gasteiger partial charge in [0.1, 0.15) is 17.2 Å². The Hall–Kier alpha value is -3.44. The third kappa shape index (κ3) is 5.80. The molecule has 1 aliphatic rings. The van der Waals surface area contributed by atoms with Crippen molar-refractivity contribution in [3.8, 4) is 0 Å². The zero-order valence-electron chi connectivity index (χ0n) is 19.6. The van der Waals surface area contributed by atoms with Crippen molar-refractivity contribution in [2.24, 2.45) is 0 Å². The Kier molecular flexibility index (Phi) is 7.81. The first-order chi connectivity index (χ1) is 16.5. The SMILES string of the molecule is CNc1nc(Cl)c(C(=O)N2CCC(O)(Cc3ccc(F)cc3)CC2)nc1C(=N)C(=O)C(=O)N(C)C. The second kappa shape index (κ2) is 10.4. The van der Waals surface area contributed by atoms with Crippen LogP contribution in [-0.4, -0.2) is 88.0 Å². The van der Waals surface area contributed by atoms with Gasteiger partial charge in [0.15, 0.2) is 16.7 Å². The first kappa shape index (κ1) is 26.2. The fourth-order valence-corrected chi connectivity index (χ4v) is 3.96. The molecule has 2 aromatic rings. The van der Waals surface area contributed by atoms with Gasteiger partial charge in [0, 0.05) is 40.7 Å². The van der Waals surface area contributed by atoms with Crippen LogP contribution in [0.2, 0.25) is 5.15 Å². The molecule has 1 aliphatic heterocycles. The van der Waals surface area contributed by atoms with Crippen molar-refractivity contribution >= 4 is 40.7 Å². The van der Waals surface area contributed by atoms with Crippen LogP contribution in [0.5, 0.6) is 0 Å². The quantitative estimate of drug-likeness (QED) is 0.384. The number of nitrogens with zero attached hydrogens (tertiary/aromatic N) is 4. The van der Waals surface area contributed by atoms with Crippen LogP contribution in [-0.2, 0) is 16.0 Å². The van der Waals surface area contributed by atoms with E-state index in [1.54, 1.807) is 12.1 Å². The van der Waals surface area contributed by atoms with Crippen molar-refractivity contribution in [1.82, 2.24) is 19.8 Å². The molecule has 1 aromatic heterocycles. The van der Waals surface area contributed by atoms with E-state index in [9.17, 15) is 23.9 Å². The molecule has 10 nitrogen and oxygen atoms in total. The number of aromatic nitrogens is 2. The second-order valence-electron chi connectivity index (χ2n) is 8.53. The minimum atomic E-state index is -1.11. The Balaban J connectivity index is 1.78. The lowest BCUT2D eigenvalue weighted by atomic mass is 9.85. The number of benzene rings is 1. The van der Waals surface area contributed by atoms with Gasteiger partial charge in [-0.3, -0.25) is 19.8 Å². The highest BCUT2D eigenvalue weighted by atomic mass is 35.5. The van der Waals surface area contributed by atoms with Crippen LogP contribution in [0.1, 0.15) is 34.6 Å². The molecule has 0 saturated carbocycles. The number of hydrogen-bond acceptors (Lipinski definition) is 8. The molecule has 2 amide bonds. The molecule has 0 aliphatic carbocycles. The number of halogens is 2. The number of ketones is 1. The lowest BCUT2D eigenvalue weighted by molar-refractivity contribution is -0.139. The molecule has 0 unspecified atom stereocenters. The summed E-state index contributed by atoms with van der Waals surface area (Å²) in [6.07, 6.45) is 0.860. The predicted molar refractivity (Wildman–Crippen MR) is 127 cm³/mol. The molecule has 1 fully saturated rings. The standard InChI is InChI=1S/C23H26ClFN6O4/c1-27-20-16(15(26)18(32)22(34)30(2)3)28-17(19(24)29-20)21(33)31-10-8-23(35,9-11-31)12-13-4-6-14(25)7-5-13/h4-7,26,35H,8-12H2,1-3H3,(H,27,29). The predicted octanol–water partition coefficient (Wildman–Crippen LogP) is 1.55. The summed E-state index contributed by atoms with van der Waals surface area (Å²) in [7, 11) is 4.23. The maximum atomic E-state index is 13.2. The van der Waals surface area contributed by atoms with Gasteiger partial charge in [-0.1, -0.05) is 23.7 Å². The molecule has 12 heteroatoms. The zero-order valence-corrected chi connectivity index (χ0v) is 20.3. The van der Waals surface area contributed by atoms with Gasteiger partial charge < -0.3 is 20.2 Å². The van der Waals surface area contributed by atoms with Crippen LogP contribution in [0.25, 0.3) is 0 Å². The van der Waals surface area contributed by atoms with E-state index < -0.39 is 28.9 Å². The number of nitrogens with one attached hydrogen (secondary N) is 2. The number of likely N-dealkylation sites (tertiary alicyclic amines) is 1. The second-order valence-corrected chi connectivity index (χ2v) is 8.89. The van der Waals surface area contributed by atoms with Gasteiger partial charge in [0.2, 0.25) is 0 Å². The number of piperidine rings is 1. The molecule has 1 saturated heterocycles. The normalized spacial score (nSPS) is 14.9. The van der Waals surface area contributed by atoms with Crippen molar-refractivity contribution in [2.45, 2.75) is 24.9 Å². The highest BCUT2D eigenvalue weighted by Gasteiger charge is 2.36. The number of aliphatic hydroxyl groups is 1. The largest absolute Gasteiger partial charge is 0.389 e. The lowest BCUT2D eigenvalue weighted by Gasteiger charge is -2.38. The molecule has 35 heavy (non-hydrogen) atoms. The van der Waals surface area contributed by atoms with Gasteiger partial charge in [-0.25, -0.2) is 14.4 Å². The Morgan fingerprint density at radius 2 is 1.77 bits per heavy atom. The summed E-state index contributed by atoms with van der Waals surface area (Å²) in [5.74, 6) is -2.98. The van der Waals surface area contributed by atoms with Gasteiger partial charge in [0.25, 0.3) is 17.6 Å². The van der Waals surface area contributed by atoms with E-state index in [1.165, 1.54) is 38.2 Å². The van der Waals surface area contributed by atoms with Crippen molar-refractivity contribution in [3.63, 3.8) is 0 Å². The summed E-state index contributed by atoms with van der Waals surface area (Å²) < 4.78 is 13.2. The number of carbonyl (C=O) groups is 3. The van der Waals surface area contributed by atoms with Crippen LogP contribution < -0.4 is 5.32 Å².